The van der Waals surface area contributed by atoms with E-state index in [9.17, 15) is 18.3 Å². The summed E-state index contributed by atoms with van der Waals surface area (Å²) < 4.78 is 34.3. The number of aliphatic carboxylic acids is 1. The van der Waals surface area contributed by atoms with Gasteiger partial charge in [0.15, 0.2) is 0 Å². The van der Waals surface area contributed by atoms with E-state index in [-0.39, 0.29) is 11.3 Å². The predicted octanol–water partition coefficient (Wildman–Crippen LogP) is 1.61. The Balaban J connectivity index is 1.65. The molecule has 154 valence electrons. The van der Waals surface area contributed by atoms with Gasteiger partial charge in [0.2, 0.25) is 10.0 Å². The molecule has 1 saturated carbocycles. The lowest BCUT2D eigenvalue weighted by atomic mass is 9.93. The molecular formula is C21H18N2O6S. The van der Waals surface area contributed by atoms with Gasteiger partial charge in [-0.3, -0.25) is 0 Å². The van der Waals surface area contributed by atoms with Crippen molar-refractivity contribution in [3.05, 3.63) is 65.2 Å². The van der Waals surface area contributed by atoms with Crippen LogP contribution in [0.1, 0.15) is 29.0 Å². The minimum Gasteiger partial charge on any atom is -0.489 e. The van der Waals surface area contributed by atoms with Gasteiger partial charge in [0.25, 0.3) is 0 Å². The molecule has 9 heteroatoms. The molecule has 4 rings (SSSR count). The third-order valence-electron chi connectivity index (χ3n) is 5.37. The normalized spacial score (nSPS) is 24.8. The molecule has 1 heterocycles. The summed E-state index contributed by atoms with van der Waals surface area (Å²) in [5.41, 5.74) is 1.64. The van der Waals surface area contributed by atoms with E-state index in [0.717, 1.165) is 11.6 Å². The molecule has 0 saturated heterocycles. The molecule has 1 aliphatic heterocycles. The lowest BCUT2D eigenvalue weighted by Crippen LogP contribution is -2.43. The van der Waals surface area contributed by atoms with E-state index < -0.39 is 40.2 Å². The minimum absolute atomic E-state index is 0.00516. The smallest absolute Gasteiger partial charge is 0.328 e. The van der Waals surface area contributed by atoms with Crippen molar-refractivity contribution in [1.29, 1.82) is 5.26 Å². The Morgan fingerprint density at radius 1 is 1.23 bits per heavy atom. The molecule has 1 aliphatic carbocycles. The zero-order chi connectivity index (χ0) is 21.5. The summed E-state index contributed by atoms with van der Waals surface area (Å²) >= 11 is 0. The second kappa shape index (κ2) is 7.57. The van der Waals surface area contributed by atoms with Crippen molar-refractivity contribution in [3.63, 3.8) is 0 Å². The summed E-state index contributed by atoms with van der Waals surface area (Å²) in [6.45, 7) is 0. The van der Waals surface area contributed by atoms with E-state index >= 15 is 0 Å². The van der Waals surface area contributed by atoms with E-state index in [0.29, 0.717) is 16.9 Å². The number of nitrogens with zero attached hydrogens (tertiary/aromatic N) is 1. The van der Waals surface area contributed by atoms with E-state index in [4.69, 9.17) is 15.1 Å². The number of nitrogens with one attached hydrogen (secondary N) is 1. The topological polar surface area (TPSA) is 137 Å². The maximum Gasteiger partial charge on any atom is 0.328 e. The number of carboxylic acid groups (broad SMARTS) is 1. The van der Waals surface area contributed by atoms with Crippen LogP contribution in [0.2, 0.25) is 0 Å². The summed E-state index contributed by atoms with van der Waals surface area (Å²) in [4.78, 5) is 10.8. The standard InChI is InChI=1S/C21H18N2O6S/c22-11-12-4-7-14(8-5-12)30(27,28)23-20-16(24)10-17-19(20)15-3-1-2-13(21(15)29-17)6-9-18(25)26/h1-9,16-17,19-20,23-24H,10H2,(H,25,26)/b9-6+. The average Bonchev–Trinajstić information content (AvgIpc) is 3.22. The molecule has 4 unspecified atom stereocenters. The maximum atomic E-state index is 12.9. The number of benzene rings is 2. The zero-order valence-corrected chi connectivity index (χ0v) is 16.4. The second-order valence-corrected chi connectivity index (χ2v) is 8.92. The van der Waals surface area contributed by atoms with Gasteiger partial charge >= 0.3 is 5.97 Å². The first kappa shape index (κ1) is 20.1. The number of ether oxygens (including phenoxy) is 1. The van der Waals surface area contributed by atoms with Gasteiger partial charge in [-0.2, -0.15) is 5.26 Å². The number of sulfonamides is 1. The van der Waals surface area contributed by atoms with E-state index in [1.807, 2.05) is 6.07 Å². The molecule has 0 bridgehead atoms. The fraction of sp³-hybridized carbons (Fsp3) is 0.238. The molecule has 3 N–H and O–H groups in total. The number of carbonyl (C=O) groups is 1. The van der Waals surface area contributed by atoms with Crippen LogP contribution < -0.4 is 9.46 Å². The van der Waals surface area contributed by atoms with Crippen LogP contribution in [0.3, 0.4) is 0 Å². The summed E-state index contributed by atoms with van der Waals surface area (Å²) in [5, 5.41) is 28.3. The number of hydrogen-bond donors (Lipinski definition) is 3. The predicted molar refractivity (Wildman–Crippen MR) is 106 cm³/mol. The Labute approximate surface area is 173 Å². The highest BCUT2D eigenvalue weighted by atomic mass is 32.2. The van der Waals surface area contributed by atoms with Crippen LogP contribution in [-0.2, 0) is 14.8 Å². The van der Waals surface area contributed by atoms with E-state index in [1.165, 1.54) is 30.3 Å². The molecule has 0 amide bonds. The van der Waals surface area contributed by atoms with Crippen molar-refractivity contribution in [1.82, 2.24) is 4.72 Å². The van der Waals surface area contributed by atoms with Gasteiger partial charge in [-0.25, -0.2) is 17.9 Å². The van der Waals surface area contributed by atoms with Gasteiger partial charge in [-0.15, -0.1) is 0 Å². The quantitative estimate of drug-likeness (QED) is 0.618. The van der Waals surface area contributed by atoms with Crippen molar-refractivity contribution >= 4 is 22.1 Å². The van der Waals surface area contributed by atoms with Gasteiger partial charge in [0.1, 0.15) is 11.9 Å². The molecule has 2 aromatic rings. The summed E-state index contributed by atoms with van der Waals surface area (Å²) in [6, 6.07) is 11.9. The van der Waals surface area contributed by atoms with Crippen LogP contribution in [0.25, 0.3) is 6.08 Å². The first-order valence-electron chi connectivity index (χ1n) is 9.21. The van der Waals surface area contributed by atoms with Crippen molar-refractivity contribution in [3.8, 4) is 11.8 Å². The Morgan fingerprint density at radius 3 is 2.63 bits per heavy atom. The number of fused-ring (bicyclic) bond motifs is 3. The monoisotopic (exact) mass is 426 g/mol. The van der Waals surface area contributed by atoms with Crippen LogP contribution >= 0.6 is 0 Å². The number of carboxylic acids is 1. The fourth-order valence-electron chi connectivity index (χ4n) is 4.04. The molecule has 8 nitrogen and oxygen atoms in total. The molecular weight excluding hydrogens is 408 g/mol. The molecule has 4 atom stereocenters. The van der Waals surface area contributed by atoms with Crippen LogP contribution in [0.4, 0.5) is 0 Å². The van der Waals surface area contributed by atoms with Gasteiger partial charge in [-0.1, -0.05) is 18.2 Å². The average molecular weight is 426 g/mol. The molecule has 1 fully saturated rings. The summed E-state index contributed by atoms with van der Waals surface area (Å²) in [7, 11) is -3.94. The van der Waals surface area contributed by atoms with Gasteiger partial charge < -0.3 is 14.9 Å². The van der Waals surface area contributed by atoms with E-state index in [1.54, 1.807) is 18.2 Å². The van der Waals surface area contributed by atoms with Crippen LogP contribution in [-0.4, -0.2) is 42.8 Å². The SMILES string of the molecule is N#Cc1ccc(S(=O)(=O)NC2C(O)CC3Oc4c(/C=C/C(=O)O)cccc4C32)cc1. The van der Waals surface area contributed by atoms with Gasteiger partial charge in [0.05, 0.1) is 28.7 Å². The minimum atomic E-state index is -3.94. The molecule has 2 aliphatic rings. The van der Waals surface area contributed by atoms with Crippen molar-refractivity contribution < 1.29 is 28.2 Å². The highest BCUT2D eigenvalue weighted by Gasteiger charge is 2.51. The third kappa shape index (κ3) is 3.57. The Morgan fingerprint density at radius 2 is 1.97 bits per heavy atom. The van der Waals surface area contributed by atoms with Crippen molar-refractivity contribution in [2.24, 2.45) is 0 Å². The molecule has 0 spiro atoms. The fourth-order valence-corrected chi connectivity index (χ4v) is 5.33. The lowest BCUT2D eigenvalue weighted by molar-refractivity contribution is -0.131. The van der Waals surface area contributed by atoms with Crippen LogP contribution in [0.15, 0.2) is 53.4 Å². The zero-order valence-electron chi connectivity index (χ0n) is 15.6. The van der Waals surface area contributed by atoms with Gasteiger partial charge in [0, 0.05) is 29.5 Å². The summed E-state index contributed by atoms with van der Waals surface area (Å²) in [5.74, 6) is -1.00. The van der Waals surface area contributed by atoms with Crippen molar-refractivity contribution in [2.75, 3.05) is 0 Å². The highest BCUT2D eigenvalue weighted by molar-refractivity contribution is 7.89. The number of aliphatic hydroxyl groups excluding tert-OH is 1. The highest BCUT2D eigenvalue weighted by Crippen LogP contribution is 2.49. The van der Waals surface area contributed by atoms with Gasteiger partial charge in [-0.05, 0) is 30.3 Å². The largest absolute Gasteiger partial charge is 0.489 e. The number of rotatable bonds is 5. The Kier molecular flexibility index (Phi) is 5.07. The second-order valence-electron chi connectivity index (χ2n) is 7.21. The molecule has 30 heavy (non-hydrogen) atoms. The number of para-hydroxylation sites is 1. The Bertz CT molecular complexity index is 1170. The number of hydrogen-bond acceptors (Lipinski definition) is 6. The van der Waals surface area contributed by atoms with Crippen LogP contribution in [0, 0.1) is 11.3 Å². The molecule has 0 radical (unpaired) electrons. The number of aliphatic hydroxyl groups is 1. The molecule has 0 aromatic heterocycles. The maximum absolute atomic E-state index is 12.9. The van der Waals surface area contributed by atoms with Crippen LogP contribution in [0.5, 0.6) is 5.75 Å². The lowest BCUT2D eigenvalue weighted by Gasteiger charge is -2.22. The van der Waals surface area contributed by atoms with Crippen molar-refractivity contribution in [2.45, 2.75) is 35.5 Å². The number of nitriles is 1. The first-order chi connectivity index (χ1) is 14.3. The Hall–Kier alpha value is -3.19. The third-order valence-corrected chi connectivity index (χ3v) is 6.85. The van der Waals surface area contributed by atoms with E-state index in [2.05, 4.69) is 4.72 Å². The first-order valence-corrected chi connectivity index (χ1v) is 10.7. The molecule has 2 aromatic carbocycles. The summed E-state index contributed by atoms with van der Waals surface area (Å²) in [6.07, 6.45) is 1.30.